The molecule has 0 spiro atoms. The van der Waals surface area contributed by atoms with Gasteiger partial charge in [-0.2, -0.15) is 0 Å². The molecule has 0 heterocycles. The molecule has 112 valence electrons. The fraction of sp³-hybridized carbons (Fsp3) is 0.143. The molecule has 0 unspecified atom stereocenters. The van der Waals surface area contributed by atoms with Gasteiger partial charge in [-0.05, 0) is 42.8 Å². The predicted octanol–water partition coefficient (Wildman–Crippen LogP) is 2.68. The van der Waals surface area contributed by atoms with Crippen molar-refractivity contribution in [2.75, 3.05) is 17.1 Å². The largest absolute Gasteiger partial charge is 0.396 e. The van der Waals surface area contributed by atoms with Crippen molar-refractivity contribution in [1.82, 2.24) is 0 Å². The van der Waals surface area contributed by atoms with Crippen LogP contribution in [-0.4, -0.2) is 15.5 Å². The third-order valence-electron chi connectivity index (χ3n) is 3.10. The van der Waals surface area contributed by atoms with Crippen molar-refractivity contribution in [3.63, 3.8) is 0 Å². The lowest BCUT2D eigenvalue weighted by Gasteiger charge is -2.21. The number of rotatable bonds is 3. The van der Waals surface area contributed by atoms with Gasteiger partial charge in [-0.3, -0.25) is 4.31 Å². The molecule has 0 radical (unpaired) electrons. The van der Waals surface area contributed by atoms with Gasteiger partial charge in [-0.25, -0.2) is 17.2 Å². The van der Waals surface area contributed by atoms with E-state index in [1.807, 2.05) is 0 Å². The number of halogens is 2. The summed E-state index contributed by atoms with van der Waals surface area (Å²) >= 11 is 0. The van der Waals surface area contributed by atoms with Crippen molar-refractivity contribution < 1.29 is 17.2 Å². The van der Waals surface area contributed by atoms with Crippen molar-refractivity contribution in [1.29, 1.82) is 0 Å². The molecule has 0 bridgehead atoms. The van der Waals surface area contributed by atoms with Gasteiger partial charge in [0.2, 0.25) is 0 Å². The van der Waals surface area contributed by atoms with Gasteiger partial charge in [-0.1, -0.05) is 6.07 Å². The standard InChI is InChI=1S/C14H14F2N2O2S/c1-9-6-12(16)13(17)8-14(9)21(19,20)18(2)11-5-3-4-10(15)7-11/h3-8H,17H2,1-2H3. The molecule has 0 saturated carbocycles. The van der Waals surface area contributed by atoms with Crippen LogP contribution in [0.25, 0.3) is 0 Å². The van der Waals surface area contributed by atoms with Crippen molar-refractivity contribution >= 4 is 21.4 Å². The molecule has 0 aromatic heterocycles. The molecule has 2 rings (SSSR count). The van der Waals surface area contributed by atoms with E-state index in [2.05, 4.69) is 0 Å². The summed E-state index contributed by atoms with van der Waals surface area (Å²) in [5.74, 6) is -1.23. The Balaban J connectivity index is 2.54. The molecule has 0 saturated heterocycles. The Morgan fingerprint density at radius 3 is 2.43 bits per heavy atom. The highest BCUT2D eigenvalue weighted by Gasteiger charge is 2.24. The first-order valence-corrected chi connectivity index (χ1v) is 7.47. The molecule has 0 amide bonds. The van der Waals surface area contributed by atoms with Crippen LogP contribution >= 0.6 is 0 Å². The van der Waals surface area contributed by atoms with Crippen LogP contribution in [0.4, 0.5) is 20.2 Å². The summed E-state index contributed by atoms with van der Waals surface area (Å²) in [6.07, 6.45) is 0. The van der Waals surface area contributed by atoms with Crippen LogP contribution in [0.2, 0.25) is 0 Å². The van der Waals surface area contributed by atoms with Gasteiger partial charge in [0.05, 0.1) is 16.3 Å². The van der Waals surface area contributed by atoms with E-state index in [0.29, 0.717) is 0 Å². The van der Waals surface area contributed by atoms with Crippen molar-refractivity contribution in [3.8, 4) is 0 Å². The number of nitrogen functional groups attached to an aromatic ring is 1. The molecule has 0 aliphatic heterocycles. The minimum Gasteiger partial charge on any atom is -0.396 e. The fourth-order valence-electron chi connectivity index (χ4n) is 1.90. The monoisotopic (exact) mass is 312 g/mol. The lowest BCUT2D eigenvalue weighted by Crippen LogP contribution is -2.27. The van der Waals surface area contributed by atoms with Crippen molar-refractivity contribution in [2.24, 2.45) is 0 Å². The third-order valence-corrected chi connectivity index (χ3v) is 5.03. The first kappa shape index (κ1) is 15.2. The maximum absolute atomic E-state index is 13.3. The van der Waals surface area contributed by atoms with Gasteiger partial charge in [0.1, 0.15) is 11.6 Å². The number of hydrogen-bond donors (Lipinski definition) is 1. The Bertz CT molecular complexity index is 792. The van der Waals surface area contributed by atoms with E-state index in [9.17, 15) is 17.2 Å². The normalized spacial score (nSPS) is 11.4. The smallest absolute Gasteiger partial charge is 0.264 e. The molecular weight excluding hydrogens is 298 g/mol. The second kappa shape index (κ2) is 5.33. The highest BCUT2D eigenvalue weighted by molar-refractivity contribution is 7.92. The van der Waals surface area contributed by atoms with E-state index in [1.54, 1.807) is 0 Å². The zero-order chi connectivity index (χ0) is 15.8. The van der Waals surface area contributed by atoms with E-state index in [-0.39, 0.29) is 21.8 Å². The van der Waals surface area contributed by atoms with Gasteiger partial charge in [0.15, 0.2) is 0 Å². The molecule has 2 N–H and O–H groups in total. The van der Waals surface area contributed by atoms with Gasteiger partial charge < -0.3 is 5.73 Å². The number of hydrogen-bond acceptors (Lipinski definition) is 3. The second-order valence-electron chi connectivity index (χ2n) is 4.59. The zero-order valence-corrected chi connectivity index (χ0v) is 12.3. The summed E-state index contributed by atoms with van der Waals surface area (Å²) in [4.78, 5) is -0.117. The number of benzene rings is 2. The number of anilines is 2. The quantitative estimate of drug-likeness (QED) is 0.886. The summed E-state index contributed by atoms with van der Waals surface area (Å²) in [7, 11) is -2.66. The maximum Gasteiger partial charge on any atom is 0.264 e. The average Bonchev–Trinajstić information content (AvgIpc) is 2.41. The Kier molecular flexibility index (Phi) is 3.87. The third kappa shape index (κ3) is 2.82. The predicted molar refractivity (Wildman–Crippen MR) is 77.5 cm³/mol. The molecule has 2 aromatic carbocycles. The molecule has 0 atom stereocenters. The van der Waals surface area contributed by atoms with E-state index in [4.69, 9.17) is 5.73 Å². The first-order valence-electron chi connectivity index (χ1n) is 6.03. The van der Waals surface area contributed by atoms with E-state index < -0.39 is 21.7 Å². The Morgan fingerprint density at radius 2 is 1.81 bits per heavy atom. The number of sulfonamides is 1. The number of aryl methyl sites for hydroxylation is 1. The van der Waals surface area contributed by atoms with E-state index in [0.717, 1.165) is 22.5 Å². The van der Waals surface area contributed by atoms with Crippen LogP contribution in [0.1, 0.15) is 5.56 Å². The lowest BCUT2D eigenvalue weighted by molar-refractivity contribution is 0.592. The van der Waals surface area contributed by atoms with Gasteiger partial charge >= 0.3 is 0 Å². The number of nitrogens with zero attached hydrogens (tertiary/aromatic N) is 1. The summed E-state index contributed by atoms with van der Waals surface area (Å²) in [6.45, 7) is 1.47. The molecule has 7 heteroatoms. The molecule has 0 aliphatic rings. The van der Waals surface area contributed by atoms with Crippen LogP contribution in [0.15, 0.2) is 41.3 Å². The molecule has 21 heavy (non-hydrogen) atoms. The minimum atomic E-state index is -3.96. The highest BCUT2D eigenvalue weighted by atomic mass is 32.2. The SMILES string of the molecule is Cc1cc(F)c(N)cc1S(=O)(=O)N(C)c1cccc(F)c1. The van der Waals surface area contributed by atoms with Crippen molar-refractivity contribution in [2.45, 2.75) is 11.8 Å². The van der Waals surface area contributed by atoms with E-state index >= 15 is 0 Å². The Morgan fingerprint density at radius 1 is 1.14 bits per heavy atom. The van der Waals surface area contributed by atoms with Crippen LogP contribution in [-0.2, 0) is 10.0 Å². The summed E-state index contributed by atoms with van der Waals surface area (Å²) in [6, 6.07) is 7.30. The Hall–Kier alpha value is -2.15. The summed E-state index contributed by atoms with van der Waals surface area (Å²) in [5.41, 5.74) is 5.56. The average molecular weight is 312 g/mol. The van der Waals surface area contributed by atoms with Crippen LogP contribution < -0.4 is 10.0 Å². The first-order chi connectivity index (χ1) is 9.73. The zero-order valence-electron chi connectivity index (χ0n) is 11.5. The van der Waals surface area contributed by atoms with Crippen molar-refractivity contribution in [3.05, 3.63) is 53.6 Å². The molecule has 0 aliphatic carbocycles. The minimum absolute atomic E-state index is 0.117. The topological polar surface area (TPSA) is 63.4 Å². The second-order valence-corrected chi connectivity index (χ2v) is 6.53. The van der Waals surface area contributed by atoms with Gasteiger partial charge in [0.25, 0.3) is 10.0 Å². The highest BCUT2D eigenvalue weighted by Crippen LogP contribution is 2.27. The summed E-state index contributed by atoms with van der Waals surface area (Å²) in [5, 5.41) is 0. The van der Waals surface area contributed by atoms with Crippen LogP contribution in [0, 0.1) is 18.6 Å². The van der Waals surface area contributed by atoms with Crippen LogP contribution in [0.3, 0.4) is 0 Å². The maximum atomic E-state index is 13.3. The molecular formula is C14H14F2N2O2S. The Labute approximate surface area is 121 Å². The fourth-order valence-corrected chi connectivity index (χ4v) is 3.33. The molecule has 2 aromatic rings. The van der Waals surface area contributed by atoms with Gasteiger partial charge in [0, 0.05) is 7.05 Å². The van der Waals surface area contributed by atoms with Gasteiger partial charge in [-0.15, -0.1) is 0 Å². The van der Waals surface area contributed by atoms with Crippen LogP contribution in [0.5, 0.6) is 0 Å². The number of nitrogens with two attached hydrogens (primary N) is 1. The van der Waals surface area contributed by atoms with E-state index in [1.165, 1.54) is 32.2 Å². The molecule has 4 nitrogen and oxygen atoms in total. The summed E-state index contributed by atoms with van der Waals surface area (Å²) < 4.78 is 52.6. The molecule has 0 fully saturated rings. The lowest BCUT2D eigenvalue weighted by atomic mass is 10.2.